The predicted molar refractivity (Wildman–Crippen MR) is 189 cm³/mol. The molecule has 3 aliphatic heterocycles. The second kappa shape index (κ2) is 14.3. The number of rotatable bonds is 9. The van der Waals surface area contributed by atoms with Crippen molar-refractivity contribution in [1.82, 2.24) is 30.4 Å². The van der Waals surface area contributed by atoms with Gasteiger partial charge in [-0.25, -0.2) is 14.4 Å². The van der Waals surface area contributed by atoms with Crippen LogP contribution in [0.5, 0.6) is 0 Å². The van der Waals surface area contributed by atoms with Gasteiger partial charge >= 0.3 is 0 Å². The number of carbonyl (C=O) groups is 5. The van der Waals surface area contributed by atoms with E-state index >= 15 is 4.39 Å². The molecule has 51 heavy (non-hydrogen) atoms. The number of benzene rings is 1. The summed E-state index contributed by atoms with van der Waals surface area (Å²) in [5.74, 6) is -1.31. The number of anilines is 2. The third-order valence-corrected chi connectivity index (χ3v) is 11.2. The van der Waals surface area contributed by atoms with Crippen molar-refractivity contribution in [2.75, 3.05) is 55.6 Å². The number of aryl methyl sites for hydroxylation is 1. The van der Waals surface area contributed by atoms with Gasteiger partial charge in [-0.3, -0.25) is 39.1 Å². The van der Waals surface area contributed by atoms with Gasteiger partial charge < -0.3 is 15.1 Å². The average molecular weight is 705 g/mol. The lowest BCUT2D eigenvalue weighted by atomic mass is 9.52. The zero-order valence-electron chi connectivity index (χ0n) is 30.2. The first-order valence-electron chi connectivity index (χ1n) is 17.9. The van der Waals surface area contributed by atoms with Crippen LogP contribution in [0, 0.1) is 29.5 Å². The number of halogens is 1. The molecular formula is C37H49FN8O5. The highest BCUT2D eigenvalue weighted by Gasteiger charge is 2.53. The SMILES string of the molecule is Cc1cc(F)c(N2CCN(CC3CCN(c4ncc(C(=O)NC5C(C)(C)CC5(C)C)cn4)CC3)CC2)cc1C(=O)N(C=O)C1CCC(=O)NC1=O. The van der Waals surface area contributed by atoms with Crippen LogP contribution in [0.25, 0.3) is 0 Å². The van der Waals surface area contributed by atoms with E-state index in [9.17, 15) is 24.0 Å². The Labute approximate surface area is 298 Å². The highest BCUT2D eigenvalue weighted by molar-refractivity contribution is 6.08. The van der Waals surface area contributed by atoms with Gasteiger partial charge in [0.1, 0.15) is 11.9 Å². The van der Waals surface area contributed by atoms with E-state index in [1.165, 1.54) is 12.1 Å². The molecule has 1 aromatic carbocycles. The molecule has 2 aromatic rings. The molecule has 14 heteroatoms. The Morgan fingerprint density at radius 2 is 1.63 bits per heavy atom. The predicted octanol–water partition coefficient (Wildman–Crippen LogP) is 2.92. The maximum absolute atomic E-state index is 15.3. The Morgan fingerprint density at radius 3 is 2.22 bits per heavy atom. The maximum Gasteiger partial charge on any atom is 0.261 e. The highest BCUT2D eigenvalue weighted by atomic mass is 19.1. The molecule has 2 N–H and O–H groups in total. The summed E-state index contributed by atoms with van der Waals surface area (Å²) in [6.45, 7) is 15.5. The number of aromatic nitrogens is 2. The molecule has 1 aromatic heterocycles. The molecule has 13 nitrogen and oxygen atoms in total. The van der Waals surface area contributed by atoms with Gasteiger partial charge in [0.2, 0.25) is 24.2 Å². The van der Waals surface area contributed by atoms with Gasteiger partial charge in [0.05, 0.1) is 11.3 Å². The Balaban J connectivity index is 0.987. The monoisotopic (exact) mass is 704 g/mol. The van der Waals surface area contributed by atoms with Crippen molar-refractivity contribution in [3.63, 3.8) is 0 Å². The number of piperidine rings is 2. The molecule has 0 bridgehead atoms. The standard InChI is InChI=1S/C37H49FN8O5/c1-23-16-27(38)29(17-26(23)33(51)46(22-47)28-6-7-30(48)41-32(28)50)44-14-12-43(13-15-44)20-24-8-10-45(11-9-24)35-39-18-25(19-40-35)31(49)42-34-36(2,3)21-37(34,4)5/h16-19,22,24,28,34H,6-15,20-21H2,1-5H3,(H,42,49)(H,41,48,50). The molecule has 4 aliphatic rings. The van der Waals surface area contributed by atoms with Crippen LogP contribution in [0.15, 0.2) is 24.5 Å². The van der Waals surface area contributed by atoms with Crippen molar-refractivity contribution >= 4 is 41.7 Å². The number of nitrogens with zero attached hydrogens (tertiary/aromatic N) is 6. The minimum Gasteiger partial charge on any atom is -0.367 e. The quantitative estimate of drug-likeness (QED) is 0.295. The number of imide groups is 2. The normalized spacial score (nSPS) is 22.6. The Hall–Kier alpha value is -4.46. The number of piperazine rings is 1. The summed E-state index contributed by atoms with van der Waals surface area (Å²) in [5, 5.41) is 5.37. The first-order chi connectivity index (χ1) is 24.2. The van der Waals surface area contributed by atoms with E-state index in [0.717, 1.165) is 56.9 Å². The van der Waals surface area contributed by atoms with Gasteiger partial charge in [-0.1, -0.05) is 27.7 Å². The van der Waals surface area contributed by atoms with Crippen LogP contribution in [0.4, 0.5) is 16.0 Å². The molecule has 1 aliphatic carbocycles. The fraction of sp³-hybridized carbons (Fsp3) is 0.595. The molecule has 1 saturated carbocycles. The summed E-state index contributed by atoms with van der Waals surface area (Å²) in [4.78, 5) is 78.6. The second-order valence-corrected chi connectivity index (χ2v) is 16.0. The summed E-state index contributed by atoms with van der Waals surface area (Å²) in [6.07, 6.45) is 6.63. The van der Waals surface area contributed by atoms with Crippen molar-refractivity contribution in [3.05, 3.63) is 47.0 Å². The minimum absolute atomic E-state index is 0.0205. The molecule has 4 fully saturated rings. The first-order valence-corrected chi connectivity index (χ1v) is 17.9. The summed E-state index contributed by atoms with van der Waals surface area (Å²) in [7, 11) is 0. The van der Waals surface area contributed by atoms with Crippen LogP contribution in [0.3, 0.4) is 0 Å². The van der Waals surface area contributed by atoms with Crippen molar-refractivity contribution in [2.24, 2.45) is 16.7 Å². The van der Waals surface area contributed by atoms with Crippen LogP contribution in [-0.2, 0) is 14.4 Å². The average Bonchev–Trinajstić information content (AvgIpc) is 3.08. The third kappa shape index (κ3) is 7.61. The molecule has 6 rings (SSSR count). The molecular weight excluding hydrogens is 655 g/mol. The van der Waals surface area contributed by atoms with Crippen LogP contribution >= 0.6 is 0 Å². The van der Waals surface area contributed by atoms with Gasteiger partial charge in [-0.05, 0) is 67.1 Å². The number of carbonyl (C=O) groups excluding carboxylic acids is 5. The molecule has 0 radical (unpaired) electrons. The fourth-order valence-corrected chi connectivity index (χ4v) is 8.85. The first kappa shape index (κ1) is 36.3. The van der Waals surface area contributed by atoms with E-state index in [1.807, 2.05) is 4.90 Å². The van der Waals surface area contributed by atoms with Crippen molar-refractivity contribution in [1.29, 1.82) is 0 Å². The largest absolute Gasteiger partial charge is 0.367 e. The number of hydrogen-bond acceptors (Lipinski definition) is 10. The molecule has 4 heterocycles. The van der Waals surface area contributed by atoms with E-state index in [4.69, 9.17) is 0 Å². The summed E-state index contributed by atoms with van der Waals surface area (Å²) in [5.41, 5.74) is 1.37. The minimum atomic E-state index is -1.10. The lowest BCUT2D eigenvalue weighted by molar-refractivity contribution is -0.139. The second-order valence-electron chi connectivity index (χ2n) is 16.0. The van der Waals surface area contributed by atoms with Gasteiger partial charge in [-0.2, -0.15) is 0 Å². The number of nitrogens with one attached hydrogen (secondary N) is 2. The fourth-order valence-electron chi connectivity index (χ4n) is 8.85. The van der Waals surface area contributed by atoms with Crippen molar-refractivity contribution < 1.29 is 28.4 Å². The van der Waals surface area contributed by atoms with Gasteiger partial charge in [0.15, 0.2) is 0 Å². The Morgan fingerprint density at radius 1 is 0.980 bits per heavy atom. The zero-order valence-corrected chi connectivity index (χ0v) is 30.2. The molecule has 5 amide bonds. The van der Waals surface area contributed by atoms with Crippen LogP contribution < -0.4 is 20.4 Å². The van der Waals surface area contributed by atoms with E-state index in [-0.39, 0.29) is 46.9 Å². The van der Waals surface area contributed by atoms with Gasteiger partial charge in [0, 0.05) is 76.2 Å². The number of hydrogen-bond donors (Lipinski definition) is 2. The molecule has 274 valence electrons. The maximum atomic E-state index is 15.3. The third-order valence-electron chi connectivity index (χ3n) is 11.2. The Kier molecular flexibility index (Phi) is 10.2. The topological polar surface area (TPSA) is 148 Å². The van der Waals surface area contributed by atoms with Crippen LogP contribution in [-0.4, -0.2) is 108 Å². The van der Waals surface area contributed by atoms with Crippen molar-refractivity contribution in [2.45, 2.75) is 78.8 Å². The van der Waals surface area contributed by atoms with Gasteiger partial charge in [-0.15, -0.1) is 0 Å². The summed E-state index contributed by atoms with van der Waals surface area (Å²) >= 11 is 0. The van der Waals surface area contributed by atoms with Crippen molar-refractivity contribution in [3.8, 4) is 0 Å². The lowest BCUT2D eigenvalue weighted by Gasteiger charge is -2.57. The van der Waals surface area contributed by atoms with E-state index in [1.54, 1.807) is 19.3 Å². The number of amides is 5. The molecule has 1 unspecified atom stereocenters. The highest BCUT2D eigenvalue weighted by Crippen LogP contribution is 2.53. The molecule has 3 saturated heterocycles. The van der Waals surface area contributed by atoms with E-state index < -0.39 is 29.6 Å². The summed E-state index contributed by atoms with van der Waals surface area (Å²) in [6, 6.07) is 1.76. The van der Waals surface area contributed by atoms with Gasteiger partial charge in [0.25, 0.3) is 11.8 Å². The summed E-state index contributed by atoms with van der Waals surface area (Å²) < 4.78 is 15.3. The molecule has 1 atom stereocenters. The van der Waals surface area contributed by atoms with Crippen LogP contribution in [0.1, 0.15) is 86.1 Å². The lowest BCUT2D eigenvalue weighted by Crippen LogP contribution is -2.63. The zero-order chi connectivity index (χ0) is 36.7. The molecule has 0 spiro atoms. The van der Waals surface area contributed by atoms with E-state index in [0.29, 0.717) is 42.5 Å². The van der Waals surface area contributed by atoms with E-state index in [2.05, 4.69) is 58.1 Å². The Bertz CT molecular complexity index is 1670. The smallest absolute Gasteiger partial charge is 0.261 e. The van der Waals surface area contributed by atoms with Crippen LogP contribution in [0.2, 0.25) is 0 Å².